The predicted octanol–water partition coefficient (Wildman–Crippen LogP) is 4.57. The summed E-state index contributed by atoms with van der Waals surface area (Å²) in [5, 5.41) is 2.95. The molecule has 1 N–H and O–H groups in total. The van der Waals surface area contributed by atoms with Gasteiger partial charge in [-0.15, -0.1) is 0 Å². The van der Waals surface area contributed by atoms with E-state index in [1.165, 1.54) is 31.5 Å². The first-order valence-electron chi connectivity index (χ1n) is 9.49. The van der Waals surface area contributed by atoms with Crippen molar-refractivity contribution in [3.63, 3.8) is 0 Å². The number of amides is 1. The zero-order chi connectivity index (χ0) is 18.4. The lowest BCUT2D eigenvalue weighted by Gasteiger charge is -2.30. The Bertz CT molecular complexity index is 702. The van der Waals surface area contributed by atoms with Crippen LogP contribution in [0, 0.1) is 5.92 Å². The SMILES string of the molecule is CCOc1ccc(C(=O)Nc2ccc(CN3CCC(C)CC3)cc2)cc1. The lowest BCUT2D eigenvalue weighted by molar-refractivity contribution is 0.102. The van der Waals surface area contributed by atoms with Gasteiger partial charge in [-0.1, -0.05) is 19.1 Å². The fourth-order valence-electron chi connectivity index (χ4n) is 3.24. The normalized spacial score (nSPS) is 15.6. The number of ether oxygens (including phenoxy) is 1. The van der Waals surface area contributed by atoms with Gasteiger partial charge in [0.05, 0.1) is 6.61 Å². The second-order valence-electron chi connectivity index (χ2n) is 7.07. The number of anilines is 1. The Hall–Kier alpha value is -2.33. The van der Waals surface area contributed by atoms with E-state index in [0.29, 0.717) is 12.2 Å². The number of carbonyl (C=O) groups excluding carboxylic acids is 1. The minimum atomic E-state index is -0.106. The van der Waals surface area contributed by atoms with Crippen molar-refractivity contribution in [2.24, 2.45) is 5.92 Å². The van der Waals surface area contributed by atoms with Gasteiger partial charge in [0.15, 0.2) is 0 Å². The predicted molar refractivity (Wildman–Crippen MR) is 106 cm³/mol. The molecule has 0 atom stereocenters. The van der Waals surface area contributed by atoms with Crippen LogP contribution in [0.5, 0.6) is 5.75 Å². The summed E-state index contributed by atoms with van der Waals surface area (Å²) in [5.41, 5.74) is 2.73. The maximum atomic E-state index is 12.4. The lowest BCUT2D eigenvalue weighted by Crippen LogP contribution is -2.32. The van der Waals surface area contributed by atoms with Crippen molar-refractivity contribution in [1.29, 1.82) is 0 Å². The van der Waals surface area contributed by atoms with Crippen LogP contribution in [0.4, 0.5) is 5.69 Å². The van der Waals surface area contributed by atoms with E-state index >= 15 is 0 Å². The first-order chi connectivity index (χ1) is 12.6. The van der Waals surface area contributed by atoms with E-state index < -0.39 is 0 Å². The molecule has 138 valence electrons. The lowest BCUT2D eigenvalue weighted by atomic mass is 9.99. The first-order valence-corrected chi connectivity index (χ1v) is 9.49. The highest BCUT2D eigenvalue weighted by atomic mass is 16.5. The third-order valence-electron chi connectivity index (χ3n) is 4.92. The van der Waals surface area contributed by atoms with Crippen LogP contribution in [0.25, 0.3) is 0 Å². The van der Waals surface area contributed by atoms with Crippen molar-refractivity contribution in [1.82, 2.24) is 4.90 Å². The van der Waals surface area contributed by atoms with Crippen molar-refractivity contribution >= 4 is 11.6 Å². The minimum Gasteiger partial charge on any atom is -0.494 e. The van der Waals surface area contributed by atoms with Crippen molar-refractivity contribution in [3.05, 3.63) is 59.7 Å². The van der Waals surface area contributed by atoms with Gasteiger partial charge in [-0.25, -0.2) is 0 Å². The molecular weight excluding hydrogens is 324 g/mol. The average molecular weight is 352 g/mol. The molecule has 1 amide bonds. The van der Waals surface area contributed by atoms with Crippen molar-refractivity contribution in [2.45, 2.75) is 33.2 Å². The maximum absolute atomic E-state index is 12.4. The van der Waals surface area contributed by atoms with Crippen LogP contribution >= 0.6 is 0 Å². The van der Waals surface area contributed by atoms with Gasteiger partial charge in [-0.05, 0) is 80.7 Å². The van der Waals surface area contributed by atoms with Gasteiger partial charge >= 0.3 is 0 Å². The molecule has 1 saturated heterocycles. The molecule has 0 radical (unpaired) electrons. The highest BCUT2D eigenvalue weighted by molar-refractivity contribution is 6.04. The van der Waals surface area contributed by atoms with E-state index in [4.69, 9.17) is 4.74 Å². The average Bonchev–Trinajstić information content (AvgIpc) is 2.66. The van der Waals surface area contributed by atoms with Crippen LogP contribution in [0.3, 0.4) is 0 Å². The van der Waals surface area contributed by atoms with E-state index in [2.05, 4.69) is 29.3 Å². The molecule has 1 fully saturated rings. The largest absolute Gasteiger partial charge is 0.494 e. The van der Waals surface area contributed by atoms with Crippen LogP contribution in [-0.2, 0) is 6.54 Å². The summed E-state index contributed by atoms with van der Waals surface area (Å²) in [6, 6.07) is 15.4. The summed E-state index contributed by atoms with van der Waals surface area (Å²) in [4.78, 5) is 14.9. The first kappa shape index (κ1) is 18.5. The molecule has 1 heterocycles. The van der Waals surface area contributed by atoms with Crippen LogP contribution in [0.15, 0.2) is 48.5 Å². The van der Waals surface area contributed by atoms with Gasteiger partial charge in [-0.3, -0.25) is 9.69 Å². The Labute approximate surface area is 156 Å². The molecule has 4 nitrogen and oxygen atoms in total. The van der Waals surface area contributed by atoms with Crippen LogP contribution in [-0.4, -0.2) is 30.5 Å². The zero-order valence-corrected chi connectivity index (χ0v) is 15.7. The van der Waals surface area contributed by atoms with Gasteiger partial charge in [0, 0.05) is 17.8 Å². The van der Waals surface area contributed by atoms with Crippen LogP contribution in [0.1, 0.15) is 42.6 Å². The number of hydrogen-bond acceptors (Lipinski definition) is 3. The molecule has 26 heavy (non-hydrogen) atoms. The molecule has 0 bridgehead atoms. The fourth-order valence-corrected chi connectivity index (χ4v) is 3.24. The second kappa shape index (κ2) is 8.86. The van der Waals surface area contributed by atoms with Gasteiger partial charge < -0.3 is 10.1 Å². The Morgan fingerprint density at radius 1 is 1.08 bits per heavy atom. The Balaban J connectivity index is 1.54. The van der Waals surface area contributed by atoms with Crippen LogP contribution < -0.4 is 10.1 Å². The van der Waals surface area contributed by atoms with E-state index in [0.717, 1.165) is 23.9 Å². The Morgan fingerprint density at radius 2 is 1.73 bits per heavy atom. The minimum absolute atomic E-state index is 0.106. The zero-order valence-electron chi connectivity index (χ0n) is 15.7. The topological polar surface area (TPSA) is 41.6 Å². The number of benzene rings is 2. The number of likely N-dealkylation sites (tertiary alicyclic amines) is 1. The number of nitrogens with one attached hydrogen (secondary N) is 1. The standard InChI is InChI=1S/C22H28N2O2/c1-3-26-21-10-6-19(7-11-21)22(25)23-20-8-4-18(5-9-20)16-24-14-12-17(2)13-15-24/h4-11,17H,3,12-16H2,1-2H3,(H,23,25). The maximum Gasteiger partial charge on any atom is 0.255 e. The summed E-state index contributed by atoms with van der Waals surface area (Å²) >= 11 is 0. The third kappa shape index (κ3) is 5.09. The second-order valence-corrected chi connectivity index (χ2v) is 7.07. The number of carbonyl (C=O) groups is 1. The van der Waals surface area contributed by atoms with E-state index in [9.17, 15) is 4.79 Å². The van der Waals surface area contributed by atoms with Gasteiger partial charge in [-0.2, -0.15) is 0 Å². The number of piperidine rings is 1. The third-order valence-corrected chi connectivity index (χ3v) is 4.92. The molecule has 1 aliphatic rings. The molecule has 0 spiro atoms. The number of rotatable bonds is 6. The molecule has 3 rings (SSSR count). The number of hydrogen-bond donors (Lipinski definition) is 1. The molecule has 2 aromatic carbocycles. The van der Waals surface area contributed by atoms with Gasteiger partial charge in [0.2, 0.25) is 0 Å². The molecule has 0 aliphatic carbocycles. The Kier molecular flexibility index (Phi) is 6.29. The molecule has 0 saturated carbocycles. The fraction of sp³-hybridized carbons (Fsp3) is 0.409. The highest BCUT2D eigenvalue weighted by Crippen LogP contribution is 2.19. The van der Waals surface area contributed by atoms with E-state index in [1.807, 2.05) is 31.2 Å². The molecule has 4 heteroatoms. The quantitative estimate of drug-likeness (QED) is 0.828. The number of nitrogens with zero attached hydrogens (tertiary/aromatic N) is 1. The molecule has 2 aromatic rings. The Morgan fingerprint density at radius 3 is 2.35 bits per heavy atom. The van der Waals surface area contributed by atoms with Gasteiger partial charge in [0.25, 0.3) is 5.91 Å². The van der Waals surface area contributed by atoms with Crippen LogP contribution in [0.2, 0.25) is 0 Å². The summed E-state index contributed by atoms with van der Waals surface area (Å²) in [5.74, 6) is 1.53. The molecule has 0 unspecified atom stereocenters. The van der Waals surface area contributed by atoms with Crippen molar-refractivity contribution in [3.8, 4) is 5.75 Å². The van der Waals surface area contributed by atoms with Crippen molar-refractivity contribution < 1.29 is 9.53 Å². The highest BCUT2D eigenvalue weighted by Gasteiger charge is 2.15. The molecular formula is C22H28N2O2. The van der Waals surface area contributed by atoms with Gasteiger partial charge in [0.1, 0.15) is 5.75 Å². The summed E-state index contributed by atoms with van der Waals surface area (Å²) < 4.78 is 5.40. The smallest absolute Gasteiger partial charge is 0.255 e. The molecule has 0 aromatic heterocycles. The summed E-state index contributed by atoms with van der Waals surface area (Å²) in [6.07, 6.45) is 2.58. The van der Waals surface area contributed by atoms with E-state index in [1.54, 1.807) is 12.1 Å². The van der Waals surface area contributed by atoms with E-state index in [-0.39, 0.29) is 5.91 Å². The summed E-state index contributed by atoms with van der Waals surface area (Å²) in [6.45, 7) is 8.23. The molecule has 1 aliphatic heterocycles. The monoisotopic (exact) mass is 352 g/mol. The summed E-state index contributed by atoms with van der Waals surface area (Å²) in [7, 11) is 0. The van der Waals surface area contributed by atoms with Crippen molar-refractivity contribution in [2.75, 3.05) is 25.0 Å².